The quantitative estimate of drug-likeness (QED) is 0.582. The van der Waals surface area contributed by atoms with E-state index in [1.54, 1.807) is 30.8 Å². The van der Waals surface area contributed by atoms with Crippen molar-refractivity contribution in [1.82, 2.24) is 20.2 Å². The van der Waals surface area contributed by atoms with Crippen LogP contribution in [0.1, 0.15) is 13.8 Å². The number of aromatic nitrogens is 4. The van der Waals surface area contributed by atoms with Gasteiger partial charge in [0.2, 0.25) is 11.1 Å². The maximum atomic E-state index is 12.6. The van der Waals surface area contributed by atoms with Gasteiger partial charge < -0.3 is 14.8 Å². The number of benzene rings is 2. The molecule has 0 spiro atoms. The van der Waals surface area contributed by atoms with E-state index >= 15 is 0 Å². The number of thioether (sulfide) groups is 1. The fourth-order valence-electron chi connectivity index (χ4n) is 2.51. The van der Waals surface area contributed by atoms with Gasteiger partial charge in [-0.25, -0.2) is 0 Å². The molecule has 0 aliphatic rings. The lowest BCUT2D eigenvalue weighted by Gasteiger charge is -2.14. The first-order chi connectivity index (χ1) is 13.6. The average molecular weight is 399 g/mol. The van der Waals surface area contributed by atoms with E-state index in [9.17, 15) is 4.79 Å². The summed E-state index contributed by atoms with van der Waals surface area (Å²) < 4.78 is 12.5. The Labute approximate surface area is 167 Å². The molecule has 0 aliphatic heterocycles. The van der Waals surface area contributed by atoms with Gasteiger partial charge >= 0.3 is 0 Å². The van der Waals surface area contributed by atoms with E-state index < -0.39 is 5.25 Å². The van der Waals surface area contributed by atoms with Gasteiger partial charge in [-0.3, -0.25) is 4.79 Å². The summed E-state index contributed by atoms with van der Waals surface area (Å²) in [6.07, 6.45) is 0. The summed E-state index contributed by atoms with van der Waals surface area (Å²) in [5, 5.41) is 14.8. The van der Waals surface area contributed by atoms with Gasteiger partial charge in [0.25, 0.3) is 0 Å². The number of nitrogens with one attached hydrogen (secondary N) is 1. The lowest BCUT2D eigenvalue weighted by atomic mass is 10.3. The maximum absolute atomic E-state index is 12.6. The Morgan fingerprint density at radius 3 is 2.64 bits per heavy atom. The van der Waals surface area contributed by atoms with Crippen LogP contribution in [-0.4, -0.2) is 45.1 Å². The highest BCUT2D eigenvalue weighted by Crippen LogP contribution is 2.29. The summed E-state index contributed by atoms with van der Waals surface area (Å²) in [6.45, 7) is 4.23. The Hall–Kier alpha value is -3.07. The molecule has 28 heavy (non-hydrogen) atoms. The van der Waals surface area contributed by atoms with Crippen molar-refractivity contribution in [1.29, 1.82) is 0 Å². The molecule has 2 aromatic carbocycles. The van der Waals surface area contributed by atoms with Gasteiger partial charge in [0.15, 0.2) is 0 Å². The van der Waals surface area contributed by atoms with Crippen LogP contribution in [0.4, 0.5) is 5.69 Å². The number of nitrogens with zero attached hydrogens (tertiary/aromatic N) is 4. The summed E-state index contributed by atoms with van der Waals surface area (Å²) in [5.74, 6) is 1.09. The van der Waals surface area contributed by atoms with Gasteiger partial charge in [-0.2, -0.15) is 4.68 Å². The van der Waals surface area contributed by atoms with Gasteiger partial charge in [-0.05, 0) is 48.5 Å². The number of rotatable bonds is 8. The van der Waals surface area contributed by atoms with Crippen LogP contribution in [0.5, 0.6) is 11.5 Å². The summed E-state index contributed by atoms with van der Waals surface area (Å²) >= 11 is 1.26. The Morgan fingerprint density at radius 2 is 1.89 bits per heavy atom. The number of carbonyl (C=O) groups is 1. The lowest BCUT2D eigenvalue weighted by molar-refractivity contribution is -0.115. The largest absolute Gasteiger partial charge is 0.495 e. The molecule has 1 atom stereocenters. The van der Waals surface area contributed by atoms with Gasteiger partial charge in [-0.15, -0.1) is 5.10 Å². The minimum absolute atomic E-state index is 0.179. The van der Waals surface area contributed by atoms with Gasteiger partial charge in [-0.1, -0.05) is 36.0 Å². The van der Waals surface area contributed by atoms with Crippen molar-refractivity contribution in [3.63, 3.8) is 0 Å². The van der Waals surface area contributed by atoms with Crippen LogP contribution in [0.3, 0.4) is 0 Å². The maximum Gasteiger partial charge on any atom is 0.237 e. The molecule has 3 rings (SSSR count). The molecule has 1 aromatic heterocycles. The Bertz CT molecular complexity index is 947. The third-order valence-electron chi connectivity index (χ3n) is 3.85. The van der Waals surface area contributed by atoms with E-state index in [4.69, 9.17) is 9.47 Å². The second-order valence-electron chi connectivity index (χ2n) is 5.72. The molecular formula is C19H21N5O3S. The molecule has 0 bridgehead atoms. The van der Waals surface area contributed by atoms with E-state index in [0.29, 0.717) is 34.6 Å². The van der Waals surface area contributed by atoms with E-state index in [1.807, 2.05) is 43.3 Å². The SMILES string of the molecule is CCOc1ccccc1-n1nnnc1S[C@H](C)C(=O)Nc1ccccc1OC. The zero-order valence-corrected chi connectivity index (χ0v) is 16.6. The number of amides is 1. The van der Waals surface area contributed by atoms with E-state index in [-0.39, 0.29) is 5.91 Å². The molecule has 1 N–H and O–H groups in total. The first-order valence-corrected chi connectivity index (χ1v) is 9.63. The molecule has 3 aromatic rings. The smallest absolute Gasteiger partial charge is 0.237 e. The molecule has 0 saturated heterocycles. The Morgan fingerprint density at radius 1 is 1.18 bits per heavy atom. The van der Waals surface area contributed by atoms with Gasteiger partial charge in [0.1, 0.15) is 17.2 Å². The molecular weight excluding hydrogens is 378 g/mol. The Balaban J connectivity index is 1.76. The van der Waals surface area contributed by atoms with Crippen molar-refractivity contribution < 1.29 is 14.3 Å². The zero-order valence-electron chi connectivity index (χ0n) is 15.8. The molecule has 1 heterocycles. The monoisotopic (exact) mass is 399 g/mol. The number of hydrogen-bond acceptors (Lipinski definition) is 7. The fourth-order valence-corrected chi connectivity index (χ4v) is 3.31. The molecule has 0 aliphatic carbocycles. The topological polar surface area (TPSA) is 91.2 Å². The van der Waals surface area contributed by atoms with Crippen LogP contribution in [0.2, 0.25) is 0 Å². The van der Waals surface area contributed by atoms with Crippen molar-refractivity contribution in [2.75, 3.05) is 19.0 Å². The van der Waals surface area contributed by atoms with Crippen molar-refractivity contribution >= 4 is 23.4 Å². The summed E-state index contributed by atoms with van der Waals surface area (Å²) in [4.78, 5) is 12.6. The fraction of sp³-hybridized carbons (Fsp3) is 0.263. The molecule has 9 heteroatoms. The minimum Gasteiger partial charge on any atom is -0.495 e. The van der Waals surface area contributed by atoms with Crippen molar-refractivity contribution in [3.8, 4) is 17.2 Å². The normalized spacial score (nSPS) is 11.7. The highest BCUT2D eigenvalue weighted by Gasteiger charge is 2.21. The number of ether oxygens (including phenoxy) is 2. The molecule has 0 unspecified atom stereocenters. The van der Waals surface area contributed by atoms with E-state index in [1.165, 1.54) is 11.8 Å². The summed E-state index contributed by atoms with van der Waals surface area (Å²) in [6, 6.07) is 14.7. The van der Waals surface area contributed by atoms with E-state index in [0.717, 1.165) is 0 Å². The second-order valence-corrected chi connectivity index (χ2v) is 7.03. The van der Waals surface area contributed by atoms with Gasteiger partial charge in [0, 0.05) is 0 Å². The molecule has 0 fully saturated rings. The Kier molecular flexibility index (Phi) is 6.49. The number of carbonyl (C=O) groups excluding carboxylic acids is 1. The third kappa shape index (κ3) is 4.42. The highest BCUT2D eigenvalue weighted by molar-refractivity contribution is 8.00. The van der Waals surface area contributed by atoms with E-state index in [2.05, 4.69) is 20.8 Å². The average Bonchev–Trinajstić information content (AvgIpc) is 3.17. The number of anilines is 1. The molecule has 146 valence electrons. The van der Waals surface area contributed by atoms with Crippen LogP contribution in [0, 0.1) is 0 Å². The number of tetrazole rings is 1. The number of hydrogen-bond donors (Lipinski definition) is 1. The minimum atomic E-state index is -0.436. The molecule has 8 nitrogen and oxygen atoms in total. The van der Waals surface area contributed by atoms with Crippen LogP contribution >= 0.6 is 11.8 Å². The van der Waals surface area contributed by atoms with Gasteiger partial charge in [0.05, 0.1) is 24.7 Å². The van der Waals surface area contributed by atoms with Crippen LogP contribution in [0.25, 0.3) is 5.69 Å². The predicted octanol–water partition coefficient (Wildman–Crippen LogP) is 3.19. The lowest BCUT2D eigenvalue weighted by Crippen LogP contribution is -2.23. The first kappa shape index (κ1) is 19.7. The first-order valence-electron chi connectivity index (χ1n) is 8.75. The van der Waals surface area contributed by atoms with Crippen LogP contribution in [0.15, 0.2) is 53.7 Å². The summed E-state index contributed by atoms with van der Waals surface area (Å²) in [5.41, 5.74) is 1.33. The van der Waals surface area contributed by atoms with Crippen LogP contribution < -0.4 is 14.8 Å². The van der Waals surface area contributed by atoms with Crippen LogP contribution in [-0.2, 0) is 4.79 Å². The van der Waals surface area contributed by atoms with Crippen molar-refractivity contribution in [2.45, 2.75) is 24.3 Å². The standard InChI is InChI=1S/C19H21N5O3S/c1-4-27-17-12-8-6-10-15(17)24-19(21-22-23-24)28-13(2)18(25)20-14-9-5-7-11-16(14)26-3/h5-13H,4H2,1-3H3,(H,20,25)/t13-/m1/s1. The molecule has 0 saturated carbocycles. The number of para-hydroxylation sites is 4. The number of methoxy groups -OCH3 is 1. The second kappa shape index (κ2) is 9.23. The molecule has 1 amide bonds. The summed E-state index contributed by atoms with van der Waals surface area (Å²) in [7, 11) is 1.56. The molecule has 0 radical (unpaired) electrons. The highest BCUT2D eigenvalue weighted by atomic mass is 32.2. The van der Waals surface area contributed by atoms with Crippen molar-refractivity contribution in [2.24, 2.45) is 0 Å². The third-order valence-corrected chi connectivity index (χ3v) is 4.88. The van der Waals surface area contributed by atoms with Crippen molar-refractivity contribution in [3.05, 3.63) is 48.5 Å². The zero-order chi connectivity index (χ0) is 19.9. The predicted molar refractivity (Wildman–Crippen MR) is 107 cm³/mol.